The number of aromatic nitrogens is 2. The molecule has 1 unspecified atom stereocenters. The highest BCUT2D eigenvalue weighted by molar-refractivity contribution is 7.13. The Labute approximate surface area is 162 Å². The average Bonchev–Trinajstić information content (AvgIpc) is 3.31. The van der Waals surface area contributed by atoms with Gasteiger partial charge < -0.3 is 16.0 Å². The molecule has 1 saturated heterocycles. The van der Waals surface area contributed by atoms with Crippen LogP contribution in [0.1, 0.15) is 36.2 Å². The molecule has 142 valence electrons. The normalized spacial score (nSPS) is 16.8. The van der Waals surface area contributed by atoms with Gasteiger partial charge in [-0.1, -0.05) is 6.07 Å². The minimum atomic E-state index is -0.0863. The molecule has 0 radical (unpaired) electrons. The van der Waals surface area contributed by atoms with Crippen molar-refractivity contribution in [1.29, 1.82) is 0 Å². The second-order valence-electron chi connectivity index (χ2n) is 6.14. The molecule has 2 amide bonds. The lowest BCUT2D eigenvalue weighted by Gasteiger charge is -2.35. The molecule has 0 saturated carbocycles. The van der Waals surface area contributed by atoms with Gasteiger partial charge in [-0.3, -0.25) is 14.7 Å². The highest BCUT2D eigenvalue weighted by atomic mass is 35.5. The number of H-pyrrole nitrogens is 1. The summed E-state index contributed by atoms with van der Waals surface area (Å²) in [5.74, 6) is -0.156. The smallest absolute Gasteiger partial charge is 0.274 e. The van der Waals surface area contributed by atoms with E-state index < -0.39 is 0 Å². The van der Waals surface area contributed by atoms with E-state index in [4.69, 9.17) is 5.73 Å². The molecule has 0 spiro atoms. The molecule has 1 fully saturated rings. The monoisotopic (exact) mass is 397 g/mol. The van der Waals surface area contributed by atoms with Crippen LogP contribution >= 0.6 is 23.7 Å². The SMILES string of the molecule is Cl.NCCC(=O)NCC1CCCCN1C(=O)c1cc(-c2cccs2)[nH]n1. The molecule has 7 nitrogen and oxygen atoms in total. The molecule has 1 aliphatic rings. The summed E-state index contributed by atoms with van der Waals surface area (Å²) in [6.07, 6.45) is 3.23. The quantitative estimate of drug-likeness (QED) is 0.693. The first-order valence-corrected chi connectivity index (χ1v) is 9.44. The van der Waals surface area contributed by atoms with Crippen LogP contribution in [0.15, 0.2) is 23.6 Å². The van der Waals surface area contributed by atoms with Crippen molar-refractivity contribution >= 4 is 35.6 Å². The number of piperidine rings is 1. The number of nitrogens with one attached hydrogen (secondary N) is 2. The zero-order valence-electron chi connectivity index (χ0n) is 14.4. The van der Waals surface area contributed by atoms with E-state index in [0.29, 0.717) is 31.7 Å². The van der Waals surface area contributed by atoms with E-state index in [-0.39, 0.29) is 30.3 Å². The largest absolute Gasteiger partial charge is 0.354 e. The lowest BCUT2D eigenvalue weighted by molar-refractivity contribution is -0.121. The number of carbonyl (C=O) groups excluding carboxylic acids is 2. The van der Waals surface area contributed by atoms with Crippen LogP contribution in [0.4, 0.5) is 0 Å². The zero-order chi connectivity index (χ0) is 17.6. The van der Waals surface area contributed by atoms with Crippen LogP contribution in [-0.2, 0) is 4.79 Å². The average molecular weight is 398 g/mol. The van der Waals surface area contributed by atoms with Crippen molar-refractivity contribution in [2.24, 2.45) is 5.73 Å². The van der Waals surface area contributed by atoms with Crippen LogP contribution in [0.2, 0.25) is 0 Å². The van der Waals surface area contributed by atoms with Crippen LogP contribution in [0.5, 0.6) is 0 Å². The van der Waals surface area contributed by atoms with Crippen molar-refractivity contribution in [2.45, 2.75) is 31.7 Å². The fourth-order valence-corrected chi connectivity index (χ4v) is 3.76. The summed E-state index contributed by atoms with van der Waals surface area (Å²) in [5, 5.41) is 12.0. The van der Waals surface area contributed by atoms with Crippen molar-refractivity contribution in [1.82, 2.24) is 20.4 Å². The first kappa shape index (κ1) is 20.4. The summed E-state index contributed by atoms with van der Waals surface area (Å²) in [4.78, 5) is 27.4. The maximum Gasteiger partial charge on any atom is 0.274 e. The summed E-state index contributed by atoms with van der Waals surface area (Å²) in [5.41, 5.74) is 6.67. The molecular weight excluding hydrogens is 374 g/mol. The Hall–Kier alpha value is -1.90. The van der Waals surface area contributed by atoms with Gasteiger partial charge in [0, 0.05) is 32.1 Å². The van der Waals surface area contributed by atoms with Gasteiger partial charge in [-0.15, -0.1) is 23.7 Å². The molecule has 9 heteroatoms. The van der Waals surface area contributed by atoms with Gasteiger partial charge in [-0.2, -0.15) is 5.10 Å². The van der Waals surface area contributed by atoms with Crippen molar-refractivity contribution < 1.29 is 9.59 Å². The molecule has 2 aromatic rings. The number of carbonyl (C=O) groups is 2. The van der Waals surface area contributed by atoms with E-state index in [2.05, 4.69) is 15.5 Å². The number of halogens is 1. The molecule has 3 heterocycles. The second kappa shape index (κ2) is 9.70. The highest BCUT2D eigenvalue weighted by Gasteiger charge is 2.29. The molecule has 26 heavy (non-hydrogen) atoms. The minimum Gasteiger partial charge on any atom is -0.354 e. The molecule has 4 N–H and O–H groups in total. The van der Waals surface area contributed by atoms with Gasteiger partial charge in [-0.05, 0) is 36.8 Å². The van der Waals surface area contributed by atoms with Crippen LogP contribution < -0.4 is 11.1 Å². The predicted molar refractivity (Wildman–Crippen MR) is 105 cm³/mol. The van der Waals surface area contributed by atoms with E-state index in [1.165, 1.54) is 0 Å². The number of likely N-dealkylation sites (tertiary alicyclic amines) is 1. The minimum absolute atomic E-state index is 0. The standard InChI is InChI=1S/C17H23N5O2S.ClH/c18-7-6-16(23)19-11-12-4-1-2-8-22(12)17(24)14-10-13(20-21-14)15-5-3-9-25-15;/h3,5,9-10,12H,1-2,4,6-8,11,18H2,(H,19,23)(H,20,21);1H. The molecule has 2 aromatic heterocycles. The van der Waals surface area contributed by atoms with E-state index >= 15 is 0 Å². The van der Waals surface area contributed by atoms with E-state index in [1.54, 1.807) is 17.4 Å². The Morgan fingerprint density at radius 3 is 3.00 bits per heavy atom. The van der Waals surface area contributed by atoms with Crippen molar-refractivity contribution in [3.05, 3.63) is 29.3 Å². The molecule has 0 bridgehead atoms. The summed E-state index contributed by atoms with van der Waals surface area (Å²) in [6, 6.07) is 5.76. The Morgan fingerprint density at radius 2 is 2.27 bits per heavy atom. The van der Waals surface area contributed by atoms with Crippen LogP contribution in [0, 0.1) is 0 Å². The third-order valence-electron chi connectivity index (χ3n) is 4.38. The number of nitrogens with two attached hydrogens (primary N) is 1. The number of nitrogens with zero attached hydrogens (tertiary/aromatic N) is 2. The summed E-state index contributed by atoms with van der Waals surface area (Å²) in [7, 11) is 0. The van der Waals surface area contributed by atoms with Gasteiger partial charge in [-0.25, -0.2) is 0 Å². The summed E-state index contributed by atoms with van der Waals surface area (Å²) >= 11 is 1.60. The predicted octanol–water partition coefficient (Wildman–Crippen LogP) is 2.02. The van der Waals surface area contributed by atoms with Crippen molar-refractivity contribution in [2.75, 3.05) is 19.6 Å². The van der Waals surface area contributed by atoms with Gasteiger partial charge >= 0.3 is 0 Å². The number of thiophene rings is 1. The van der Waals surface area contributed by atoms with Gasteiger partial charge in [0.05, 0.1) is 10.6 Å². The first-order chi connectivity index (χ1) is 12.2. The number of rotatable bonds is 6. The highest BCUT2D eigenvalue weighted by Crippen LogP contribution is 2.24. The van der Waals surface area contributed by atoms with Gasteiger partial charge in [0.2, 0.25) is 5.91 Å². The maximum atomic E-state index is 12.9. The number of hydrogen-bond acceptors (Lipinski definition) is 5. The number of aromatic amines is 1. The van der Waals surface area contributed by atoms with E-state index in [1.807, 2.05) is 22.4 Å². The van der Waals surface area contributed by atoms with Gasteiger partial charge in [0.15, 0.2) is 5.69 Å². The summed E-state index contributed by atoms with van der Waals surface area (Å²) in [6.45, 7) is 1.49. The molecule has 0 aromatic carbocycles. The van der Waals surface area contributed by atoms with Gasteiger partial charge in [0.25, 0.3) is 5.91 Å². The maximum absolute atomic E-state index is 12.9. The van der Waals surface area contributed by atoms with E-state index in [0.717, 1.165) is 29.8 Å². The lowest BCUT2D eigenvalue weighted by Crippen LogP contribution is -2.49. The van der Waals surface area contributed by atoms with E-state index in [9.17, 15) is 9.59 Å². The second-order valence-corrected chi connectivity index (χ2v) is 7.08. The third kappa shape index (κ3) is 4.84. The van der Waals surface area contributed by atoms with Crippen LogP contribution in [0.3, 0.4) is 0 Å². The molecular formula is C17H24ClN5O2S. The van der Waals surface area contributed by atoms with Crippen molar-refractivity contribution in [3.8, 4) is 10.6 Å². The fourth-order valence-electron chi connectivity index (χ4n) is 3.07. The fraction of sp³-hybridized carbons (Fsp3) is 0.471. The Kier molecular flexibility index (Phi) is 7.62. The van der Waals surface area contributed by atoms with Crippen LogP contribution in [0.25, 0.3) is 10.6 Å². The first-order valence-electron chi connectivity index (χ1n) is 8.56. The topological polar surface area (TPSA) is 104 Å². The lowest BCUT2D eigenvalue weighted by atomic mass is 10.0. The summed E-state index contributed by atoms with van der Waals surface area (Å²) < 4.78 is 0. The number of hydrogen-bond donors (Lipinski definition) is 3. The Morgan fingerprint density at radius 1 is 1.42 bits per heavy atom. The van der Waals surface area contributed by atoms with Crippen LogP contribution in [-0.4, -0.2) is 52.6 Å². The molecule has 0 aliphatic carbocycles. The number of amides is 2. The Balaban J connectivity index is 0.00000243. The molecule has 3 rings (SSSR count). The molecule has 1 atom stereocenters. The molecule has 1 aliphatic heterocycles. The zero-order valence-corrected chi connectivity index (χ0v) is 16.1. The third-order valence-corrected chi connectivity index (χ3v) is 5.28. The van der Waals surface area contributed by atoms with Gasteiger partial charge in [0.1, 0.15) is 0 Å². The Bertz CT molecular complexity index is 719. The van der Waals surface area contributed by atoms with Crippen molar-refractivity contribution in [3.63, 3.8) is 0 Å².